The van der Waals surface area contributed by atoms with Gasteiger partial charge in [-0.05, 0) is 19.1 Å². The van der Waals surface area contributed by atoms with E-state index >= 15 is 0 Å². The number of aromatic nitrogens is 2. The van der Waals surface area contributed by atoms with Crippen molar-refractivity contribution in [2.24, 2.45) is 7.05 Å². The van der Waals surface area contributed by atoms with E-state index in [9.17, 15) is 9.59 Å². The number of carbonyl (C=O) groups is 2. The molecule has 0 unspecified atom stereocenters. The van der Waals surface area contributed by atoms with E-state index in [1.54, 1.807) is 16.0 Å². The number of rotatable bonds is 4. The second-order valence-electron chi connectivity index (χ2n) is 4.27. The molecule has 0 aliphatic heterocycles. The van der Waals surface area contributed by atoms with E-state index in [2.05, 4.69) is 15.0 Å². The van der Waals surface area contributed by atoms with E-state index in [-0.39, 0.29) is 18.3 Å². The Labute approximate surface area is 120 Å². The molecule has 2 aromatic heterocycles. The molecular weight excluding hydrogens is 278 g/mol. The highest BCUT2D eigenvalue weighted by atomic mass is 32.1. The summed E-state index contributed by atoms with van der Waals surface area (Å²) < 4.78 is 6.37. The summed E-state index contributed by atoms with van der Waals surface area (Å²) in [7, 11) is 3.16. The largest absolute Gasteiger partial charge is 0.469 e. The van der Waals surface area contributed by atoms with Gasteiger partial charge >= 0.3 is 5.97 Å². The number of esters is 1. The van der Waals surface area contributed by atoms with Crippen LogP contribution in [0, 0.1) is 6.92 Å². The Morgan fingerprint density at radius 3 is 2.80 bits per heavy atom. The van der Waals surface area contributed by atoms with Crippen molar-refractivity contribution in [1.29, 1.82) is 0 Å². The van der Waals surface area contributed by atoms with E-state index in [0.29, 0.717) is 16.5 Å². The van der Waals surface area contributed by atoms with Crippen LogP contribution in [0.25, 0.3) is 0 Å². The van der Waals surface area contributed by atoms with Crippen LogP contribution < -0.4 is 5.32 Å². The standard InChI is InChI=1S/C13H15N3O3S/c1-8-4-5-10(16(8)2)12(18)15-13-14-9(7-20-13)6-11(17)19-3/h4-5,7H,6H2,1-3H3,(H,14,15,18). The van der Waals surface area contributed by atoms with Crippen LogP contribution in [-0.2, 0) is 23.0 Å². The minimum atomic E-state index is -0.355. The van der Waals surface area contributed by atoms with Crippen molar-refractivity contribution in [3.63, 3.8) is 0 Å². The lowest BCUT2D eigenvalue weighted by Crippen LogP contribution is -2.16. The van der Waals surface area contributed by atoms with Gasteiger partial charge in [-0.3, -0.25) is 14.9 Å². The second kappa shape index (κ2) is 5.87. The van der Waals surface area contributed by atoms with Crippen LogP contribution in [0.3, 0.4) is 0 Å². The van der Waals surface area contributed by atoms with Crippen molar-refractivity contribution in [2.75, 3.05) is 12.4 Å². The van der Waals surface area contributed by atoms with Crippen molar-refractivity contribution in [3.05, 3.63) is 34.6 Å². The number of anilines is 1. The first-order chi connectivity index (χ1) is 9.51. The van der Waals surface area contributed by atoms with Gasteiger partial charge in [-0.25, -0.2) is 4.98 Å². The lowest BCUT2D eigenvalue weighted by atomic mass is 10.3. The van der Waals surface area contributed by atoms with Crippen molar-refractivity contribution >= 4 is 28.3 Å². The minimum absolute atomic E-state index is 0.103. The number of nitrogens with zero attached hydrogens (tertiary/aromatic N) is 2. The average molecular weight is 293 g/mol. The Kier molecular flexibility index (Phi) is 4.19. The fourth-order valence-corrected chi connectivity index (χ4v) is 2.37. The quantitative estimate of drug-likeness (QED) is 0.872. The van der Waals surface area contributed by atoms with E-state index < -0.39 is 0 Å². The molecule has 0 fully saturated rings. The van der Waals surface area contributed by atoms with Gasteiger partial charge in [0, 0.05) is 18.1 Å². The van der Waals surface area contributed by atoms with Gasteiger partial charge in [0.05, 0.1) is 19.2 Å². The fourth-order valence-electron chi connectivity index (χ4n) is 1.67. The van der Waals surface area contributed by atoms with Crippen molar-refractivity contribution in [1.82, 2.24) is 9.55 Å². The van der Waals surface area contributed by atoms with Crippen LogP contribution in [-0.4, -0.2) is 28.5 Å². The molecular formula is C13H15N3O3S. The van der Waals surface area contributed by atoms with E-state index in [1.807, 2.05) is 20.0 Å². The van der Waals surface area contributed by atoms with Gasteiger partial charge in [0.15, 0.2) is 5.13 Å². The zero-order chi connectivity index (χ0) is 14.7. The highest BCUT2D eigenvalue weighted by Crippen LogP contribution is 2.17. The van der Waals surface area contributed by atoms with Crippen LogP contribution in [0.15, 0.2) is 17.5 Å². The van der Waals surface area contributed by atoms with Gasteiger partial charge < -0.3 is 9.30 Å². The molecule has 0 saturated carbocycles. The van der Waals surface area contributed by atoms with E-state index in [4.69, 9.17) is 0 Å². The van der Waals surface area contributed by atoms with Crippen molar-refractivity contribution < 1.29 is 14.3 Å². The van der Waals surface area contributed by atoms with Crippen LogP contribution in [0.2, 0.25) is 0 Å². The molecule has 0 radical (unpaired) electrons. The predicted molar refractivity (Wildman–Crippen MR) is 75.9 cm³/mol. The molecule has 1 amide bonds. The molecule has 0 aromatic carbocycles. The highest BCUT2D eigenvalue weighted by molar-refractivity contribution is 7.14. The molecule has 0 bridgehead atoms. The van der Waals surface area contributed by atoms with Crippen LogP contribution in [0.4, 0.5) is 5.13 Å². The third kappa shape index (κ3) is 3.05. The number of hydrogen-bond acceptors (Lipinski definition) is 5. The molecule has 7 heteroatoms. The minimum Gasteiger partial charge on any atom is -0.469 e. The molecule has 0 aliphatic rings. The predicted octanol–water partition coefficient (Wildman–Crippen LogP) is 1.76. The molecule has 6 nitrogen and oxygen atoms in total. The monoisotopic (exact) mass is 293 g/mol. The van der Waals surface area contributed by atoms with Gasteiger partial charge in [0.25, 0.3) is 5.91 Å². The topological polar surface area (TPSA) is 73.2 Å². The summed E-state index contributed by atoms with van der Waals surface area (Å²) in [4.78, 5) is 27.4. The number of hydrogen-bond donors (Lipinski definition) is 1. The molecule has 0 atom stereocenters. The SMILES string of the molecule is COC(=O)Cc1csc(NC(=O)c2ccc(C)n2C)n1. The van der Waals surface area contributed by atoms with Gasteiger partial charge in [-0.15, -0.1) is 11.3 Å². The lowest BCUT2D eigenvalue weighted by Gasteiger charge is -2.04. The van der Waals surface area contributed by atoms with Gasteiger partial charge in [0.2, 0.25) is 0 Å². The summed E-state index contributed by atoms with van der Waals surface area (Å²) in [5.41, 5.74) is 2.15. The number of carbonyl (C=O) groups excluding carboxylic acids is 2. The van der Waals surface area contributed by atoms with Gasteiger partial charge in [-0.1, -0.05) is 0 Å². The number of thiazole rings is 1. The third-order valence-corrected chi connectivity index (χ3v) is 3.74. The molecule has 0 saturated heterocycles. The summed E-state index contributed by atoms with van der Waals surface area (Å²) in [5, 5.41) is 4.91. The molecule has 106 valence electrons. The Hall–Kier alpha value is -2.15. The number of amides is 1. The maximum absolute atomic E-state index is 12.1. The summed E-state index contributed by atoms with van der Waals surface area (Å²) in [6.45, 7) is 1.93. The smallest absolute Gasteiger partial charge is 0.311 e. The molecule has 20 heavy (non-hydrogen) atoms. The van der Waals surface area contributed by atoms with Crippen LogP contribution in [0.5, 0.6) is 0 Å². The highest BCUT2D eigenvalue weighted by Gasteiger charge is 2.14. The average Bonchev–Trinajstić information content (AvgIpc) is 2.98. The number of aryl methyl sites for hydroxylation is 1. The van der Waals surface area contributed by atoms with Crippen molar-refractivity contribution in [3.8, 4) is 0 Å². The zero-order valence-corrected chi connectivity index (χ0v) is 12.3. The second-order valence-corrected chi connectivity index (χ2v) is 5.13. The summed E-state index contributed by atoms with van der Waals surface area (Å²) >= 11 is 1.28. The Balaban J connectivity index is 2.05. The molecule has 2 heterocycles. The van der Waals surface area contributed by atoms with E-state index in [1.165, 1.54) is 18.4 Å². The Morgan fingerprint density at radius 1 is 1.45 bits per heavy atom. The first-order valence-corrected chi connectivity index (χ1v) is 6.84. The Bertz CT molecular complexity index is 645. The van der Waals surface area contributed by atoms with Crippen LogP contribution in [0.1, 0.15) is 21.9 Å². The van der Waals surface area contributed by atoms with E-state index in [0.717, 1.165) is 5.69 Å². The molecule has 0 aliphatic carbocycles. The molecule has 2 aromatic rings. The summed E-state index contributed by atoms with van der Waals surface area (Å²) in [6, 6.07) is 3.63. The molecule has 0 spiro atoms. The summed E-state index contributed by atoms with van der Waals surface area (Å²) in [6.07, 6.45) is 0.103. The first-order valence-electron chi connectivity index (χ1n) is 5.96. The lowest BCUT2D eigenvalue weighted by molar-refractivity contribution is -0.139. The first kappa shape index (κ1) is 14.3. The summed E-state index contributed by atoms with van der Waals surface area (Å²) in [5.74, 6) is -0.578. The van der Waals surface area contributed by atoms with Gasteiger partial charge in [0.1, 0.15) is 5.69 Å². The number of methoxy groups -OCH3 is 1. The molecule has 2 rings (SSSR count). The maximum Gasteiger partial charge on any atom is 0.311 e. The third-order valence-electron chi connectivity index (χ3n) is 2.93. The molecule has 1 N–H and O–H groups in total. The zero-order valence-electron chi connectivity index (χ0n) is 11.5. The van der Waals surface area contributed by atoms with Crippen LogP contribution >= 0.6 is 11.3 Å². The number of nitrogens with one attached hydrogen (secondary N) is 1. The number of ether oxygens (including phenoxy) is 1. The fraction of sp³-hybridized carbons (Fsp3) is 0.308. The van der Waals surface area contributed by atoms with Gasteiger partial charge in [-0.2, -0.15) is 0 Å². The Morgan fingerprint density at radius 2 is 2.20 bits per heavy atom. The maximum atomic E-state index is 12.1. The van der Waals surface area contributed by atoms with Crippen molar-refractivity contribution in [2.45, 2.75) is 13.3 Å². The normalized spacial score (nSPS) is 10.3.